The minimum absolute atomic E-state index is 0.170. The summed E-state index contributed by atoms with van der Waals surface area (Å²) in [5.74, 6) is 0.497. The first-order chi connectivity index (χ1) is 12.7. The van der Waals surface area contributed by atoms with Crippen molar-refractivity contribution in [1.82, 2.24) is 20.3 Å². The molecule has 1 N–H and O–H groups in total. The Bertz CT molecular complexity index is 736. The minimum atomic E-state index is -0.243. The number of aromatic nitrogens is 3. The molecule has 3 heterocycles. The molecule has 0 bridgehead atoms. The number of nitrogens with zero attached hydrogens (tertiary/aromatic N) is 3. The summed E-state index contributed by atoms with van der Waals surface area (Å²) >= 11 is 0. The monoisotopic (exact) mass is 356 g/mol. The fourth-order valence-corrected chi connectivity index (χ4v) is 2.92. The second-order valence-electron chi connectivity index (χ2n) is 6.37. The van der Waals surface area contributed by atoms with Crippen LogP contribution in [-0.4, -0.2) is 46.2 Å². The predicted octanol–water partition coefficient (Wildman–Crippen LogP) is 2.10. The van der Waals surface area contributed by atoms with E-state index in [1.54, 1.807) is 12.4 Å². The third-order valence-electron chi connectivity index (χ3n) is 4.31. The number of rotatable bonds is 6. The standard InChI is InChI=1S/C19H24N4O3/c1-3-4-16-15(10-20-12-22-16)19(24)23-17-11-25-8-7-18(17)26-14-6-5-13(2)21-9-14/h5-6,9-10,12,17-18H,3-4,7-8,11H2,1-2H3,(H,23,24)/t17-,18+/m1/s1. The molecule has 0 spiro atoms. The predicted molar refractivity (Wildman–Crippen MR) is 96.1 cm³/mol. The number of hydrogen-bond donors (Lipinski definition) is 1. The highest BCUT2D eigenvalue weighted by molar-refractivity contribution is 5.95. The van der Waals surface area contributed by atoms with Crippen LogP contribution < -0.4 is 10.1 Å². The third-order valence-corrected chi connectivity index (χ3v) is 4.31. The van der Waals surface area contributed by atoms with E-state index in [9.17, 15) is 4.79 Å². The van der Waals surface area contributed by atoms with Gasteiger partial charge in [-0.15, -0.1) is 0 Å². The van der Waals surface area contributed by atoms with E-state index in [4.69, 9.17) is 9.47 Å². The van der Waals surface area contributed by atoms with Crippen LogP contribution in [0.5, 0.6) is 5.75 Å². The van der Waals surface area contributed by atoms with Crippen LogP contribution in [0.4, 0.5) is 0 Å². The van der Waals surface area contributed by atoms with Crippen molar-refractivity contribution in [3.63, 3.8) is 0 Å². The van der Waals surface area contributed by atoms with Crippen molar-refractivity contribution in [3.8, 4) is 5.75 Å². The highest BCUT2D eigenvalue weighted by Gasteiger charge is 2.30. The van der Waals surface area contributed by atoms with Gasteiger partial charge in [0.1, 0.15) is 18.2 Å². The van der Waals surface area contributed by atoms with Crippen molar-refractivity contribution in [2.75, 3.05) is 13.2 Å². The van der Waals surface area contributed by atoms with E-state index >= 15 is 0 Å². The molecule has 2 atom stereocenters. The van der Waals surface area contributed by atoms with Crippen LogP contribution in [0.15, 0.2) is 30.9 Å². The van der Waals surface area contributed by atoms with Crippen LogP contribution in [0.2, 0.25) is 0 Å². The first-order valence-electron chi connectivity index (χ1n) is 8.94. The van der Waals surface area contributed by atoms with Gasteiger partial charge in [0.2, 0.25) is 0 Å². The first kappa shape index (κ1) is 18.3. The molecule has 26 heavy (non-hydrogen) atoms. The van der Waals surface area contributed by atoms with Gasteiger partial charge in [-0.25, -0.2) is 9.97 Å². The second kappa shape index (κ2) is 8.71. The van der Waals surface area contributed by atoms with Gasteiger partial charge in [0.15, 0.2) is 0 Å². The molecular formula is C19H24N4O3. The van der Waals surface area contributed by atoms with Gasteiger partial charge in [-0.3, -0.25) is 9.78 Å². The molecular weight excluding hydrogens is 332 g/mol. The molecule has 7 heteroatoms. The molecule has 1 amide bonds. The third kappa shape index (κ3) is 4.54. The molecule has 0 saturated carbocycles. The van der Waals surface area contributed by atoms with Crippen molar-refractivity contribution in [1.29, 1.82) is 0 Å². The number of carbonyl (C=O) groups excluding carboxylic acids is 1. The molecule has 1 saturated heterocycles. The molecule has 3 rings (SSSR count). The number of amides is 1. The van der Waals surface area contributed by atoms with Gasteiger partial charge in [-0.1, -0.05) is 13.3 Å². The van der Waals surface area contributed by atoms with Crippen LogP contribution in [0.25, 0.3) is 0 Å². The summed E-state index contributed by atoms with van der Waals surface area (Å²) < 4.78 is 11.6. The number of hydrogen-bond acceptors (Lipinski definition) is 6. The van der Waals surface area contributed by atoms with Gasteiger partial charge in [0.05, 0.1) is 36.7 Å². The van der Waals surface area contributed by atoms with Gasteiger partial charge < -0.3 is 14.8 Å². The lowest BCUT2D eigenvalue weighted by molar-refractivity contribution is -0.00303. The van der Waals surface area contributed by atoms with E-state index in [2.05, 4.69) is 27.2 Å². The average molecular weight is 356 g/mol. The zero-order valence-electron chi connectivity index (χ0n) is 15.1. The molecule has 1 aliphatic heterocycles. The zero-order valence-corrected chi connectivity index (χ0v) is 15.1. The summed E-state index contributed by atoms with van der Waals surface area (Å²) in [7, 11) is 0. The second-order valence-corrected chi connectivity index (χ2v) is 6.37. The van der Waals surface area contributed by atoms with E-state index < -0.39 is 0 Å². The lowest BCUT2D eigenvalue weighted by atomic mass is 10.0. The Morgan fingerprint density at radius 1 is 1.35 bits per heavy atom. The van der Waals surface area contributed by atoms with Gasteiger partial charge in [-0.2, -0.15) is 0 Å². The molecule has 0 radical (unpaired) electrons. The Kier molecular flexibility index (Phi) is 6.12. The molecule has 2 aromatic rings. The van der Waals surface area contributed by atoms with Gasteiger partial charge >= 0.3 is 0 Å². The van der Waals surface area contributed by atoms with Crippen molar-refractivity contribution >= 4 is 5.91 Å². The molecule has 7 nitrogen and oxygen atoms in total. The maximum atomic E-state index is 12.7. The van der Waals surface area contributed by atoms with Crippen LogP contribution in [-0.2, 0) is 11.2 Å². The molecule has 0 aromatic carbocycles. The van der Waals surface area contributed by atoms with Gasteiger partial charge in [0, 0.05) is 18.3 Å². The Morgan fingerprint density at radius 2 is 2.23 bits per heavy atom. The van der Waals surface area contributed by atoms with Crippen LogP contribution in [0.3, 0.4) is 0 Å². The number of aryl methyl sites for hydroxylation is 2. The molecule has 2 aromatic heterocycles. The van der Waals surface area contributed by atoms with E-state index in [0.717, 1.165) is 24.2 Å². The molecule has 0 unspecified atom stereocenters. The number of pyridine rings is 1. The smallest absolute Gasteiger partial charge is 0.255 e. The molecule has 1 fully saturated rings. The van der Waals surface area contributed by atoms with Crippen molar-refractivity contribution < 1.29 is 14.3 Å². The largest absolute Gasteiger partial charge is 0.486 e. The quantitative estimate of drug-likeness (QED) is 0.853. The lowest BCUT2D eigenvalue weighted by Gasteiger charge is -2.32. The maximum Gasteiger partial charge on any atom is 0.255 e. The number of ether oxygens (including phenoxy) is 2. The SMILES string of the molecule is CCCc1ncncc1C(=O)N[C@@H]1COCC[C@@H]1Oc1ccc(C)nc1. The topological polar surface area (TPSA) is 86.2 Å². The Balaban J connectivity index is 1.70. The van der Waals surface area contributed by atoms with Gasteiger partial charge in [0.25, 0.3) is 5.91 Å². The average Bonchev–Trinajstić information content (AvgIpc) is 2.66. The molecule has 0 aliphatic carbocycles. The fraction of sp³-hybridized carbons (Fsp3) is 0.474. The van der Waals surface area contributed by atoms with E-state index in [1.165, 1.54) is 6.33 Å². The van der Waals surface area contributed by atoms with E-state index in [0.29, 0.717) is 30.9 Å². The van der Waals surface area contributed by atoms with Crippen LogP contribution in [0, 0.1) is 6.92 Å². The highest BCUT2D eigenvalue weighted by Crippen LogP contribution is 2.18. The van der Waals surface area contributed by atoms with Crippen LogP contribution in [0.1, 0.15) is 41.5 Å². The van der Waals surface area contributed by atoms with Crippen molar-refractivity contribution in [3.05, 3.63) is 47.8 Å². The summed E-state index contributed by atoms with van der Waals surface area (Å²) in [6.07, 6.45) is 6.92. The maximum absolute atomic E-state index is 12.7. The highest BCUT2D eigenvalue weighted by atomic mass is 16.5. The Labute approximate surface area is 153 Å². The van der Waals surface area contributed by atoms with Crippen LogP contribution >= 0.6 is 0 Å². The summed E-state index contributed by atoms with van der Waals surface area (Å²) in [6, 6.07) is 3.55. The summed E-state index contributed by atoms with van der Waals surface area (Å²) in [5, 5.41) is 3.03. The summed E-state index contributed by atoms with van der Waals surface area (Å²) in [4.78, 5) is 25.2. The fourth-order valence-electron chi connectivity index (χ4n) is 2.92. The van der Waals surface area contributed by atoms with E-state index in [-0.39, 0.29) is 18.1 Å². The normalized spacial score (nSPS) is 19.8. The van der Waals surface area contributed by atoms with Crippen molar-refractivity contribution in [2.45, 2.75) is 45.3 Å². The number of nitrogens with one attached hydrogen (secondary N) is 1. The number of carbonyl (C=O) groups is 1. The van der Waals surface area contributed by atoms with Crippen molar-refractivity contribution in [2.24, 2.45) is 0 Å². The molecule has 138 valence electrons. The Morgan fingerprint density at radius 3 is 3.00 bits per heavy atom. The minimum Gasteiger partial charge on any atom is -0.486 e. The Hall–Kier alpha value is -2.54. The molecule has 1 aliphatic rings. The summed E-state index contributed by atoms with van der Waals surface area (Å²) in [6.45, 7) is 4.99. The lowest BCUT2D eigenvalue weighted by Crippen LogP contribution is -2.52. The zero-order chi connectivity index (χ0) is 18.4. The first-order valence-corrected chi connectivity index (χ1v) is 8.94. The summed E-state index contributed by atoms with van der Waals surface area (Å²) in [5.41, 5.74) is 2.20. The van der Waals surface area contributed by atoms with E-state index in [1.807, 2.05) is 19.1 Å². The van der Waals surface area contributed by atoms with Gasteiger partial charge in [-0.05, 0) is 25.5 Å².